The highest BCUT2D eigenvalue weighted by molar-refractivity contribution is 7.85. The summed E-state index contributed by atoms with van der Waals surface area (Å²) in [4.78, 5) is 15.8. The third-order valence-corrected chi connectivity index (χ3v) is 4.45. The van der Waals surface area contributed by atoms with Crippen LogP contribution in [0.5, 0.6) is 0 Å². The lowest BCUT2D eigenvalue weighted by Crippen LogP contribution is -2.24. The lowest BCUT2D eigenvalue weighted by atomic mass is 9.96. The first kappa shape index (κ1) is 19.0. The number of nitrogens with zero attached hydrogens (tertiary/aromatic N) is 3. The van der Waals surface area contributed by atoms with Crippen molar-refractivity contribution >= 4 is 21.6 Å². The van der Waals surface area contributed by atoms with Crippen LogP contribution >= 0.6 is 0 Å². The fourth-order valence-corrected chi connectivity index (χ4v) is 2.90. The molecule has 0 amide bonds. The summed E-state index contributed by atoms with van der Waals surface area (Å²) in [6.45, 7) is 0.0724. The smallest absolute Gasteiger partial charge is 0.268 e. The third kappa shape index (κ3) is 4.00. The first-order chi connectivity index (χ1) is 12.2. The maximum Gasteiger partial charge on any atom is 0.268 e. The molecular formula is C16H15N5O4S. The van der Waals surface area contributed by atoms with Gasteiger partial charge in [-0.3, -0.25) is 9.35 Å². The van der Waals surface area contributed by atoms with Gasteiger partial charge in [-0.2, -0.15) is 18.9 Å². The summed E-state index contributed by atoms with van der Waals surface area (Å²) in [6.07, 6.45) is 0. The Morgan fingerprint density at radius 3 is 2.27 bits per heavy atom. The van der Waals surface area contributed by atoms with Gasteiger partial charge in [0.05, 0.1) is 5.75 Å². The molecule has 1 heterocycles. The Morgan fingerprint density at radius 2 is 1.77 bits per heavy atom. The van der Waals surface area contributed by atoms with E-state index in [0.717, 1.165) is 0 Å². The molecule has 2 rings (SSSR count). The van der Waals surface area contributed by atoms with Crippen LogP contribution in [0.1, 0.15) is 11.1 Å². The van der Waals surface area contributed by atoms with Crippen LogP contribution in [0.2, 0.25) is 0 Å². The number of nitrogens with two attached hydrogens (primary N) is 1. The molecule has 0 saturated carbocycles. The van der Waals surface area contributed by atoms with Gasteiger partial charge in [0.25, 0.3) is 15.7 Å². The molecule has 0 bridgehead atoms. The second-order valence-electron chi connectivity index (χ2n) is 5.47. The molecule has 0 fully saturated rings. The van der Waals surface area contributed by atoms with Crippen LogP contribution in [0.3, 0.4) is 0 Å². The number of nitrogen functional groups attached to an aromatic ring is 1. The number of benzene rings is 1. The molecule has 0 unspecified atom stereocenters. The van der Waals surface area contributed by atoms with E-state index in [1.165, 1.54) is 0 Å². The Balaban J connectivity index is 2.46. The van der Waals surface area contributed by atoms with Gasteiger partial charge >= 0.3 is 0 Å². The number of nitrogens with one attached hydrogen (secondary N) is 1. The van der Waals surface area contributed by atoms with Crippen molar-refractivity contribution in [2.75, 3.05) is 30.0 Å². The van der Waals surface area contributed by atoms with Crippen molar-refractivity contribution in [1.29, 1.82) is 10.5 Å². The Morgan fingerprint density at radius 1 is 1.19 bits per heavy atom. The minimum absolute atomic E-state index is 0.00590. The van der Waals surface area contributed by atoms with E-state index in [-0.39, 0.29) is 29.1 Å². The molecule has 2 aromatic rings. The van der Waals surface area contributed by atoms with Crippen LogP contribution in [-0.4, -0.2) is 37.3 Å². The van der Waals surface area contributed by atoms with Crippen molar-refractivity contribution < 1.29 is 13.0 Å². The standard InChI is InChI=1S/C16H15N5O4S/c1-21(6-7-26(23,24)25)11-4-2-10(3-5-11)14-12(8-17)15(19)20-16(22)13(14)9-18/h2-5H,6-7H2,1H3,(H3,19,20,22)(H,23,24,25). The molecule has 0 aliphatic carbocycles. The van der Waals surface area contributed by atoms with E-state index in [1.807, 2.05) is 6.07 Å². The molecule has 4 N–H and O–H groups in total. The van der Waals surface area contributed by atoms with Crippen molar-refractivity contribution in [2.45, 2.75) is 0 Å². The molecule has 1 aromatic carbocycles. The maximum absolute atomic E-state index is 11.9. The largest absolute Gasteiger partial charge is 0.384 e. The second kappa shape index (κ2) is 7.27. The summed E-state index contributed by atoms with van der Waals surface area (Å²) in [5.74, 6) is -0.548. The Bertz CT molecular complexity index is 1080. The number of hydrogen-bond donors (Lipinski definition) is 3. The fraction of sp³-hybridized carbons (Fsp3) is 0.188. The van der Waals surface area contributed by atoms with Gasteiger partial charge in [0.2, 0.25) is 0 Å². The van der Waals surface area contributed by atoms with E-state index < -0.39 is 21.4 Å². The van der Waals surface area contributed by atoms with Gasteiger partial charge < -0.3 is 15.6 Å². The summed E-state index contributed by atoms with van der Waals surface area (Å²) in [5.41, 5.74) is 6.00. The molecule has 1 aromatic heterocycles. The SMILES string of the molecule is CN(CCS(=O)(=O)O)c1ccc(-c2c(C#N)c(N)[nH]c(=O)c2C#N)cc1. The zero-order valence-corrected chi connectivity index (χ0v) is 14.5. The molecule has 134 valence electrons. The molecular weight excluding hydrogens is 358 g/mol. The van der Waals surface area contributed by atoms with E-state index in [2.05, 4.69) is 4.98 Å². The highest BCUT2D eigenvalue weighted by atomic mass is 32.2. The zero-order chi connectivity index (χ0) is 19.5. The van der Waals surface area contributed by atoms with E-state index >= 15 is 0 Å². The van der Waals surface area contributed by atoms with Crippen LogP contribution in [0.15, 0.2) is 29.1 Å². The van der Waals surface area contributed by atoms with Gasteiger partial charge in [-0.1, -0.05) is 12.1 Å². The number of anilines is 2. The van der Waals surface area contributed by atoms with E-state index in [0.29, 0.717) is 11.3 Å². The lowest BCUT2D eigenvalue weighted by Gasteiger charge is -2.19. The van der Waals surface area contributed by atoms with Crippen molar-refractivity contribution in [3.05, 3.63) is 45.7 Å². The van der Waals surface area contributed by atoms with E-state index in [9.17, 15) is 23.7 Å². The monoisotopic (exact) mass is 373 g/mol. The predicted octanol–water partition coefficient (Wildman–Crippen LogP) is 0.691. The molecule has 0 spiro atoms. The molecule has 26 heavy (non-hydrogen) atoms. The fourth-order valence-electron chi connectivity index (χ4n) is 2.40. The number of H-pyrrole nitrogens is 1. The third-order valence-electron chi connectivity index (χ3n) is 3.75. The van der Waals surface area contributed by atoms with Crippen LogP contribution in [0.4, 0.5) is 11.5 Å². The molecule has 0 aliphatic rings. The van der Waals surface area contributed by atoms with Gasteiger partial charge in [0.15, 0.2) is 0 Å². The molecule has 0 atom stereocenters. The van der Waals surface area contributed by atoms with E-state index in [4.69, 9.17) is 10.3 Å². The first-order valence-corrected chi connectivity index (χ1v) is 8.91. The molecule has 0 aliphatic heterocycles. The number of rotatable bonds is 5. The highest BCUT2D eigenvalue weighted by Gasteiger charge is 2.18. The van der Waals surface area contributed by atoms with Crippen molar-refractivity contribution in [3.63, 3.8) is 0 Å². The summed E-state index contributed by atoms with van der Waals surface area (Å²) in [7, 11) is -2.43. The van der Waals surface area contributed by atoms with Gasteiger partial charge in [-0.25, -0.2) is 0 Å². The molecule has 9 nitrogen and oxygen atoms in total. The minimum Gasteiger partial charge on any atom is -0.384 e. The number of pyridine rings is 1. The van der Waals surface area contributed by atoms with Crippen LogP contribution in [0.25, 0.3) is 11.1 Å². The van der Waals surface area contributed by atoms with Gasteiger partial charge in [0, 0.05) is 24.8 Å². The number of aromatic amines is 1. The number of nitriles is 2. The van der Waals surface area contributed by atoms with Gasteiger partial charge in [-0.15, -0.1) is 0 Å². The van der Waals surface area contributed by atoms with Gasteiger partial charge in [-0.05, 0) is 17.7 Å². The van der Waals surface area contributed by atoms with Crippen molar-refractivity contribution in [2.24, 2.45) is 0 Å². The van der Waals surface area contributed by atoms with E-state index in [1.54, 1.807) is 42.3 Å². The summed E-state index contributed by atoms with van der Waals surface area (Å²) in [5, 5.41) is 18.6. The Kier molecular flexibility index (Phi) is 5.31. The first-order valence-electron chi connectivity index (χ1n) is 7.30. The summed E-state index contributed by atoms with van der Waals surface area (Å²) in [6, 6.07) is 10.1. The Hall–Kier alpha value is -3.34. The lowest BCUT2D eigenvalue weighted by molar-refractivity contribution is 0.483. The predicted molar refractivity (Wildman–Crippen MR) is 96.0 cm³/mol. The average molecular weight is 373 g/mol. The van der Waals surface area contributed by atoms with Crippen LogP contribution in [0, 0.1) is 22.7 Å². The zero-order valence-electron chi connectivity index (χ0n) is 13.7. The number of aromatic nitrogens is 1. The molecule has 0 saturated heterocycles. The average Bonchev–Trinajstić information content (AvgIpc) is 2.58. The van der Waals surface area contributed by atoms with Crippen molar-refractivity contribution in [1.82, 2.24) is 4.98 Å². The topological polar surface area (TPSA) is 164 Å². The second-order valence-corrected chi connectivity index (χ2v) is 7.04. The maximum atomic E-state index is 11.9. The quantitative estimate of drug-likeness (QED) is 0.644. The summed E-state index contributed by atoms with van der Waals surface area (Å²) >= 11 is 0. The van der Waals surface area contributed by atoms with Crippen LogP contribution < -0.4 is 16.2 Å². The normalized spacial score (nSPS) is 10.8. The minimum atomic E-state index is -4.07. The highest BCUT2D eigenvalue weighted by Crippen LogP contribution is 2.29. The van der Waals surface area contributed by atoms with Crippen molar-refractivity contribution in [3.8, 4) is 23.3 Å². The van der Waals surface area contributed by atoms with Crippen LogP contribution in [-0.2, 0) is 10.1 Å². The van der Waals surface area contributed by atoms with Gasteiger partial charge in [0.1, 0.15) is 29.1 Å². The Labute approximate surface area is 149 Å². The molecule has 10 heteroatoms. The number of hydrogen-bond acceptors (Lipinski definition) is 7. The molecule has 0 radical (unpaired) electrons. The summed E-state index contributed by atoms with van der Waals surface area (Å²) < 4.78 is 30.5.